The van der Waals surface area contributed by atoms with Crippen LogP contribution in [0.1, 0.15) is 27.0 Å². The van der Waals surface area contributed by atoms with Crippen molar-refractivity contribution >= 4 is 17.5 Å². The number of phenolic OH excluding ortho intramolecular Hbond substituents is 2. The molecule has 3 aromatic rings. The van der Waals surface area contributed by atoms with Crippen LogP contribution in [0.4, 0.5) is 0 Å². The number of esters is 1. The van der Waals surface area contributed by atoms with E-state index in [1.165, 1.54) is 48.6 Å². The maximum absolute atomic E-state index is 12.5. The minimum atomic E-state index is -1.17. The van der Waals surface area contributed by atoms with Crippen molar-refractivity contribution in [1.29, 1.82) is 0 Å². The largest absolute Gasteiger partial charge is 0.508 e. The molecule has 0 aromatic heterocycles. The third-order valence-corrected chi connectivity index (χ3v) is 5.50. The van der Waals surface area contributed by atoms with Crippen molar-refractivity contribution in [3.63, 3.8) is 0 Å². The highest BCUT2D eigenvalue weighted by molar-refractivity contribution is 6.14. The zero-order chi connectivity index (χ0) is 23.2. The number of carbonyl (C=O) groups excluding carboxylic acids is 3. The van der Waals surface area contributed by atoms with Crippen LogP contribution in [0.2, 0.25) is 0 Å². The first-order valence-corrected chi connectivity index (χ1v) is 10.0. The summed E-state index contributed by atoms with van der Waals surface area (Å²) in [5.74, 6) is 0.167. The number of carbonyl (C=O) groups is 3. The van der Waals surface area contributed by atoms with E-state index in [1.54, 1.807) is 24.3 Å². The van der Waals surface area contributed by atoms with Gasteiger partial charge >= 0.3 is 5.97 Å². The molecule has 0 bridgehead atoms. The summed E-state index contributed by atoms with van der Waals surface area (Å²) < 4.78 is 11.8. The van der Waals surface area contributed by atoms with E-state index in [4.69, 9.17) is 9.47 Å². The highest BCUT2D eigenvalue weighted by atomic mass is 16.6. The van der Waals surface area contributed by atoms with Gasteiger partial charge in [0.2, 0.25) is 0 Å². The Morgan fingerprint density at radius 1 is 0.636 bits per heavy atom. The normalized spacial score (nSPS) is 16.2. The number of rotatable bonds is 0. The standard InChI is InChI=1S/C20H12O5.C6H4O2/c21-11-5-7-15-17(9-11)24-18-10-12(22)6-8-16(18)20(15)14-4-2-1-3-13(14)19(23)25-20;7-5-1-2-6(8)4-3-5/h1-10,21-22H;1-4H. The van der Waals surface area contributed by atoms with E-state index < -0.39 is 11.6 Å². The summed E-state index contributed by atoms with van der Waals surface area (Å²) in [5.41, 5.74) is 1.28. The highest BCUT2D eigenvalue weighted by Gasteiger charge is 2.53. The van der Waals surface area contributed by atoms with Gasteiger partial charge in [0.25, 0.3) is 0 Å². The van der Waals surface area contributed by atoms with Gasteiger partial charge in [0.1, 0.15) is 23.0 Å². The minimum absolute atomic E-state index is 0.0371. The Morgan fingerprint density at radius 3 is 1.70 bits per heavy atom. The zero-order valence-corrected chi connectivity index (χ0v) is 17.0. The van der Waals surface area contributed by atoms with E-state index in [2.05, 4.69) is 0 Å². The van der Waals surface area contributed by atoms with Gasteiger partial charge in [-0.2, -0.15) is 0 Å². The predicted molar refractivity (Wildman–Crippen MR) is 116 cm³/mol. The summed E-state index contributed by atoms with van der Waals surface area (Å²) in [7, 11) is 0. The maximum atomic E-state index is 12.5. The first kappa shape index (κ1) is 20.3. The summed E-state index contributed by atoms with van der Waals surface area (Å²) in [5, 5.41) is 19.7. The van der Waals surface area contributed by atoms with Gasteiger partial charge in [0, 0.05) is 28.8 Å². The van der Waals surface area contributed by atoms with Crippen molar-refractivity contribution in [2.75, 3.05) is 0 Å². The van der Waals surface area contributed by atoms with Crippen LogP contribution < -0.4 is 4.74 Å². The number of hydrogen-bond acceptors (Lipinski definition) is 7. The Morgan fingerprint density at radius 2 is 1.15 bits per heavy atom. The number of hydrogen-bond donors (Lipinski definition) is 2. The second kappa shape index (κ2) is 7.49. The molecule has 3 aliphatic rings. The van der Waals surface area contributed by atoms with E-state index >= 15 is 0 Å². The number of ether oxygens (including phenoxy) is 2. The van der Waals surface area contributed by atoms with E-state index in [-0.39, 0.29) is 23.1 Å². The van der Waals surface area contributed by atoms with Crippen molar-refractivity contribution in [3.8, 4) is 23.0 Å². The molecule has 0 atom stereocenters. The molecular weight excluding hydrogens is 424 g/mol. The summed E-state index contributed by atoms with van der Waals surface area (Å²) in [6, 6.07) is 16.6. The Balaban J connectivity index is 0.000000243. The molecule has 2 N–H and O–H groups in total. The van der Waals surface area contributed by atoms with E-state index in [0.29, 0.717) is 33.8 Å². The molecule has 1 spiro atoms. The van der Waals surface area contributed by atoms with Crippen molar-refractivity contribution < 1.29 is 34.1 Å². The Bertz CT molecular complexity index is 1310. The summed E-state index contributed by atoms with van der Waals surface area (Å²) in [6.07, 6.45) is 5.01. The van der Waals surface area contributed by atoms with Gasteiger partial charge in [-0.1, -0.05) is 18.2 Å². The van der Waals surface area contributed by atoms with Gasteiger partial charge < -0.3 is 19.7 Å². The SMILES string of the molecule is O=C1C=CC(=O)C=C1.O=C1OC2(c3ccc(O)cc3Oc3cc(O)ccc32)c2ccccc21. The molecule has 2 heterocycles. The fraction of sp³-hybridized carbons (Fsp3) is 0.0385. The molecule has 7 heteroatoms. The van der Waals surface area contributed by atoms with Crippen LogP contribution >= 0.6 is 0 Å². The van der Waals surface area contributed by atoms with E-state index in [1.807, 2.05) is 12.1 Å². The second-order valence-electron chi connectivity index (χ2n) is 7.55. The molecule has 0 unspecified atom stereocenters. The smallest absolute Gasteiger partial charge is 0.340 e. The van der Waals surface area contributed by atoms with E-state index in [0.717, 1.165) is 0 Å². The molecule has 0 saturated carbocycles. The first-order valence-electron chi connectivity index (χ1n) is 10.0. The van der Waals surface area contributed by atoms with Gasteiger partial charge in [0.15, 0.2) is 17.2 Å². The topological polar surface area (TPSA) is 110 Å². The van der Waals surface area contributed by atoms with Gasteiger partial charge in [0.05, 0.1) is 5.56 Å². The van der Waals surface area contributed by atoms with Crippen LogP contribution in [0.15, 0.2) is 85.0 Å². The maximum Gasteiger partial charge on any atom is 0.340 e. The summed E-state index contributed by atoms with van der Waals surface area (Å²) in [6.45, 7) is 0. The number of ketones is 2. The molecule has 0 amide bonds. The number of allylic oxidation sites excluding steroid dienone is 4. The lowest BCUT2D eigenvalue weighted by molar-refractivity contribution is -0.113. The molecule has 7 nitrogen and oxygen atoms in total. The van der Waals surface area contributed by atoms with Gasteiger partial charge in [-0.05, 0) is 54.6 Å². The quantitative estimate of drug-likeness (QED) is 0.403. The molecule has 0 saturated heterocycles. The monoisotopic (exact) mass is 440 g/mol. The molecule has 33 heavy (non-hydrogen) atoms. The number of benzene rings is 3. The zero-order valence-electron chi connectivity index (χ0n) is 17.0. The Kier molecular flexibility index (Phi) is 4.60. The minimum Gasteiger partial charge on any atom is -0.508 e. The number of aromatic hydroxyl groups is 2. The third-order valence-electron chi connectivity index (χ3n) is 5.50. The van der Waals surface area contributed by atoms with Crippen LogP contribution in [0, 0.1) is 0 Å². The lowest BCUT2D eigenvalue weighted by Gasteiger charge is -2.36. The predicted octanol–water partition coefficient (Wildman–Crippen LogP) is 3.92. The van der Waals surface area contributed by atoms with Crippen molar-refractivity contribution in [1.82, 2.24) is 0 Å². The molecular formula is C26H16O7. The van der Waals surface area contributed by atoms with Gasteiger partial charge in [-0.3, -0.25) is 9.59 Å². The molecule has 0 fully saturated rings. The van der Waals surface area contributed by atoms with E-state index in [9.17, 15) is 24.6 Å². The van der Waals surface area contributed by atoms with Crippen LogP contribution in [0.25, 0.3) is 0 Å². The van der Waals surface area contributed by atoms with Gasteiger partial charge in [-0.25, -0.2) is 4.79 Å². The summed E-state index contributed by atoms with van der Waals surface area (Å²) in [4.78, 5) is 33.1. The molecule has 0 radical (unpaired) electrons. The molecule has 6 rings (SSSR count). The van der Waals surface area contributed by atoms with Crippen molar-refractivity contribution in [2.45, 2.75) is 5.60 Å². The van der Waals surface area contributed by atoms with Crippen molar-refractivity contribution in [3.05, 3.63) is 107 Å². The Labute approximate surface area is 187 Å². The second-order valence-corrected chi connectivity index (χ2v) is 7.55. The molecule has 3 aromatic carbocycles. The highest BCUT2D eigenvalue weighted by Crippen LogP contribution is 2.56. The van der Waals surface area contributed by atoms with Crippen LogP contribution in [0.3, 0.4) is 0 Å². The van der Waals surface area contributed by atoms with Gasteiger partial charge in [-0.15, -0.1) is 0 Å². The number of fused-ring (bicyclic) bond motifs is 6. The fourth-order valence-corrected chi connectivity index (χ4v) is 4.09. The molecule has 162 valence electrons. The van der Waals surface area contributed by atoms with Crippen LogP contribution in [-0.2, 0) is 19.9 Å². The molecule has 1 aliphatic carbocycles. The van der Waals surface area contributed by atoms with Crippen LogP contribution in [0.5, 0.6) is 23.0 Å². The average molecular weight is 440 g/mol. The lowest BCUT2D eigenvalue weighted by Crippen LogP contribution is -2.32. The Hall–Kier alpha value is -4.65. The lowest BCUT2D eigenvalue weighted by atomic mass is 9.77. The summed E-state index contributed by atoms with van der Waals surface area (Å²) >= 11 is 0. The fourth-order valence-electron chi connectivity index (χ4n) is 4.09. The average Bonchev–Trinajstić information content (AvgIpc) is 3.09. The molecule has 2 aliphatic heterocycles. The van der Waals surface area contributed by atoms with Crippen LogP contribution in [-0.4, -0.2) is 27.7 Å². The third kappa shape index (κ3) is 3.27. The van der Waals surface area contributed by atoms with Crippen molar-refractivity contribution in [2.24, 2.45) is 0 Å². The number of phenols is 2. The first-order chi connectivity index (χ1) is 15.9.